The molecule has 2 aromatic rings. The Morgan fingerprint density at radius 3 is 1.15 bits per heavy atom. The van der Waals surface area contributed by atoms with Crippen LogP contribution in [0.5, 0.6) is 0 Å². The van der Waals surface area contributed by atoms with E-state index < -0.39 is 23.5 Å². The fourth-order valence-electron chi connectivity index (χ4n) is 1.06. The van der Waals surface area contributed by atoms with Crippen LogP contribution in [0.3, 0.4) is 0 Å². The number of halogens is 6. The van der Waals surface area contributed by atoms with E-state index in [2.05, 4.69) is 9.97 Å². The fourth-order valence-corrected chi connectivity index (χ4v) is 1.06. The van der Waals surface area contributed by atoms with Gasteiger partial charge in [0.1, 0.15) is 0 Å². The smallest absolute Gasteiger partial charge is 0.264 e. The second-order valence-corrected chi connectivity index (χ2v) is 3.48. The predicted octanol–water partition coefficient (Wildman–Crippen LogP) is 4.20. The second-order valence-electron chi connectivity index (χ2n) is 3.48. The lowest BCUT2D eigenvalue weighted by Crippen LogP contribution is -2.04. The van der Waals surface area contributed by atoms with E-state index in [1.54, 1.807) is 0 Å². The van der Waals surface area contributed by atoms with Crippen molar-refractivity contribution in [3.63, 3.8) is 0 Å². The van der Waals surface area contributed by atoms with Crippen molar-refractivity contribution in [1.82, 2.24) is 9.97 Å². The molecule has 20 heavy (non-hydrogen) atoms. The van der Waals surface area contributed by atoms with Gasteiger partial charge in [0.15, 0.2) is 0 Å². The average Bonchev–Trinajstić information content (AvgIpc) is 2.40. The summed E-state index contributed by atoms with van der Waals surface area (Å²) in [5, 5.41) is 0. The maximum Gasteiger partial charge on any atom is 0.417 e. The zero-order chi connectivity index (χ0) is 15.2. The van der Waals surface area contributed by atoms with Crippen LogP contribution in [-0.2, 0) is 12.4 Å². The molecule has 0 spiro atoms. The molecular weight excluding hydrogens is 286 g/mol. The minimum atomic E-state index is -4.27. The maximum absolute atomic E-state index is 11.7. The van der Waals surface area contributed by atoms with Crippen LogP contribution in [-0.4, -0.2) is 9.97 Å². The summed E-state index contributed by atoms with van der Waals surface area (Å²) in [6.45, 7) is 0. The van der Waals surface area contributed by atoms with Crippen molar-refractivity contribution in [2.24, 2.45) is 0 Å². The third kappa shape index (κ3) is 5.25. The van der Waals surface area contributed by atoms with Gasteiger partial charge in [0.25, 0.3) is 0 Å². The van der Waals surface area contributed by atoms with Crippen LogP contribution >= 0.6 is 0 Å². The highest BCUT2D eigenvalue weighted by Gasteiger charge is 2.30. The number of hydrogen-bond acceptors (Lipinski definition) is 2. The van der Waals surface area contributed by atoms with Crippen molar-refractivity contribution in [1.29, 1.82) is 0 Å². The van der Waals surface area contributed by atoms with Gasteiger partial charge in [-0.3, -0.25) is 9.97 Å². The molecule has 0 aromatic carbocycles. The molecule has 0 bridgehead atoms. The van der Waals surface area contributed by atoms with Gasteiger partial charge in [0.2, 0.25) is 0 Å². The first kappa shape index (κ1) is 15.9. The van der Waals surface area contributed by atoms with Crippen LogP contribution < -0.4 is 0 Å². The number of hydrogen-bond donors (Lipinski definition) is 0. The van der Waals surface area contributed by atoms with Crippen LogP contribution in [0.25, 0.3) is 0 Å². The molecule has 0 fully saturated rings. The van der Waals surface area contributed by atoms with Crippen LogP contribution in [0.2, 0.25) is 0 Å². The lowest BCUT2D eigenvalue weighted by Gasteiger charge is -2.03. The summed E-state index contributed by atoms with van der Waals surface area (Å²) in [5.74, 6) is 0. The molecule has 0 radical (unpaired) electrons. The number of alkyl halides is 6. The van der Waals surface area contributed by atoms with E-state index in [0.29, 0.717) is 0 Å². The van der Waals surface area contributed by atoms with Crippen molar-refractivity contribution >= 4 is 0 Å². The Morgan fingerprint density at radius 1 is 0.650 bits per heavy atom. The van der Waals surface area contributed by atoms with E-state index in [1.807, 2.05) is 0 Å². The summed E-state index contributed by atoms with van der Waals surface area (Å²) in [6, 6.07) is 4.46. The molecule has 2 heterocycles. The molecule has 0 aliphatic rings. The summed E-state index contributed by atoms with van der Waals surface area (Å²) in [4.78, 5) is 6.66. The third-order valence-corrected chi connectivity index (χ3v) is 1.98. The summed E-state index contributed by atoms with van der Waals surface area (Å²) in [6.07, 6.45) is -4.35. The van der Waals surface area contributed by atoms with Crippen molar-refractivity contribution in [3.05, 3.63) is 60.2 Å². The van der Waals surface area contributed by atoms with Gasteiger partial charge in [0.05, 0.1) is 11.1 Å². The van der Waals surface area contributed by atoms with Gasteiger partial charge < -0.3 is 0 Å². The minimum absolute atomic E-state index is 0.713. The van der Waals surface area contributed by atoms with E-state index in [0.717, 1.165) is 24.5 Å². The van der Waals surface area contributed by atoms with Gasteiger partial charge in [-0.1, -0.05) is 0 Å². The Labute approximate surface area is 110 Å². The van der Waals surface area contributed by atoms with Crippen LogP contribution in [0.1, 0.15) is 11.1 Å². The van der Waals surface area contributed by atoms with Gasteiger partial charge >= 0.3 is 12.4 Å². The zero-order valence-electron chi connectivity index (χ0n) is 9.78. The van der Waals surface area contributed by atoms with E-state index in [1.165, 1.54) is 24.5 Å². The van der Waals surface area contributed by atoms with Gasteiger partial charge in [-0.05, 0) is 24.3 Å². The third-order valence-electron chi connectivity index (χ3n) is 1.98. The molecule has 0 amide bonds. The van der Waals surface area contributed by atoms with Gasteiger partial charge in [-0.15, -0.1) is 0 Å². The van der Waals surface area contributed by atoms with Gasteiger partial charge in [-0.25, -0.2) is 0 Å². The lowest BCUT2D eigenvalue weighted by molar-refractivity contribution is -0.138. The highest BCUT2D eigenvalue weighted by molar-refractivity contribution is 5.12. The van der Waals surface area contributed by atoms with Gasteiger partial charge in [0, 0.05) is 24.8 Å². The Hall–Kier alpha value is -2.12. The van der Waals surface area contributed by atoms with E-state index >= 15 is 0 Å². The number of rotatable bonds is 0. The van der Waals surface area contributed by atoms with E-state index in [9.17, 15) is 26.3 Å². The topological polar surface area (TPSA) is 25.8 Å². The first-order valence-corrected chi connectivity index (χ1v) is 5.15. The van der Waals surface area contributed by atoms with E-state index in [-0.39, 0.29) is 0 Å². The molecule has 0 atom stereocenters. The standard InChI is InChI=1S/2C6H4F3N/c2*7-6(8,9)5-2-1-3-10-4-5/h2*1-4H. The Kier molecular flexibility index (Phi) is 5.06. The molecule has 0 N–H and O–H groups in total. The molecule has 2 rings (SSSR count). The second kappa shape index (κ2) is 6.36. The van der Waals surface area contributed by atoms with Crippen LogP contribution in [0, 0.1) is 0 Å². The SMILES string of the molecule is FC(F)(F)c1cccnc1.FC(F)(F)c1cccnc1. The maximum atomic E-state index is 11.7. The molecule has 0 unspecified atom stereocenters. The molecule has 0 saturated heterocycles. The van der Waals surface area contributed by atoms with Gasteiger partial charge in [-0.2, -0.15) is 26.3 Å². The molecule has 2 nitrogen and oxygen atoms in total. The number of pyridine rings is 2. The Morgan fingerprint density at radius 2 is 1.00 bits per heavy atom. The molecule has 8 heteroatoms. The molecule has 108 valence electrons. The highest BCUT2D eigenvalue weighted by Crippen LogP contribution is 2.28. The highest BCUT2D eigenvalue weighted by atomic mass is 19.4. The molecule has 0 saturated carbocycles. The molecule has 0 aliphatic carbocycles. The lowest BCUT2D eigenvalue weighted by atomic mass is 10.3. The summed E-state index contributed by atoms with van der Waals surface area (Å²) in [5.41, 5.74) is -1.43. The normalized spacial score (nSPS) is 11.5. The van der Waals surface area contributed by atoms with Crippen molar-refractivity contribution in [2.75, 3.05) is 0 Å². The van der Waals surface area contributed by atoms with Crippen molar-refractivity contribution in [2.45, 2.75) is 12.4 Å². The minimum Gasteiger partial charge on any atom is -0.264 e. The number of nitrogens with zero attached hydrogens (tertiary/aromatic N) is 2. The zero-order valence-corrected chi connectivity index (χ0v) is 9.78. The van der Waals surface area contributed by atoms with Crippen molar-refractivity contribution < 1.29 is 26.3 Å². The van der Waals surface area contributed by atoms with E-state index in [4.69, 9.17) is 0 Å². The first-order valence-electron chi connectivity index (χ1n) is 5.15. The summed E-state index contributed by atoms with van der Waals surface area (Å²) < 4.78 is 70.5. The van der Waals surface area contributed by atoms with Crippen molar-refractivity contribution in [3.8, 4) is 0 Å². The Bertz CT molecular complexity index is 457. The molecular formula is C12H8F6N2. The quantitative estimate of drug-likeness (QED) is 0.680. The predicted molar refractivity (Wildman–Crippen MR) is 58.5 cm³/mol. The fraction of sp³-hybridized carbons (Fsp3) is 0.167. The van der Waals surface area contributed by atoms with Crippen LogP contribution in [0.15, 0.2) is 49.1 Å². The summed E-state index contributed by atoms with van der Waals surface area (Å²) >= 11 is 0. The van der Waals surface area contributed by atoms with Crippen LogP contribution in [0.4, 0.5) is 26.3 Å². The molecule has 2 aromatic heterocycles. The number of aromatic nitrogens is 2. The average molecular weight is 294 g/mol. The summed E-state index contributed by atoms with van der Waals surface area (Å²) in [7, 11) is 0. The first-order chi connectivity index (χ1) is 9.21. The Balaban J connectivity index is 0.000000200. The molecule has 0 aliphatic heterocycles. The largest absolute Gasteiger partial charge is 0.417 e. The monoisotopic (exact) mass is 294 g/mol.